The Kier molecular flexibility index (Phi) is 1.91. The molecule has 1 aliphatic carbocycles. The SMILES string of the molecule is CC(C)(C)C1=Cc2cc(N)ccc2C1. The summed E-state index contributed by atoms with van der Waals surface area (Å²) in [6.07, 6.45) is 3.37. The van der Waals surface area contributed by atoms with Crippen molar-refractivity contribution in [3.8, 4) is 0 Å². The smallest absolute Gasteiger partial charge is 0.0320 e. The number of rotatable bonds is 0. The quantitative estimate of drug-likeness (QED) is 0.620. The maximum Gasteiger partial charge on any atom is 0.0320 e. The molecule has 2 N–H and O–H groups in total. The molecule has 0 saturated heterocycles. The van der Waals surface area contributed by atoms with Crippen molar-refractivity contribution in [2.24, 2.45) is 5.41 Å². The van der Waals surface area contributed by atoms with Crippen LogP contribution in [0, 0.1) is 5.41 Å². The summed E-state index contributed by atoms with van der Waals surface area (Å²) in [5.41, 5.74) is 11.1. The van der Waals surface area contributed by atoms with Crippen LogP contribution in [-0.4, -0.2) is 0 Å². The van der Waals surface area contributed by atoms with Crippen LogP contribution in [0.3, 0.4) is 0 Å². The lowest BCUT2D eigenvalue weighted by atomic mass is 9.85. The summed E-state index contributed by atoms with van der Waals surface area (Å²) >= 11 is 0. The van der Waals surface area contributed by atoms with Gasteiger partial charge in [-0.2, -0.15) is 0 Å². The molecular weight excluding hydrogens is 170 g/mol. The summed E-state index contributed by atoms with van der Waals surface area (Å²) in [6.45, 7) is 6.77. The molecule has 0 heterocycles. The molecule has 1 nitrogen and oxygen atoms in total. The molecule has 0 spiro atoms. The van der Waals surface area contributed by atoms with Crippen LogP contribution in [0.25, 0.3) is 6.08 Å². The predicted molar refractivity (Wildman–Crippen MR) is 62.0 cm³/mol. The molecule has 1 aromatic rings. The summed E-state index contributed by atoms with van der Waals surface area (Å²) in [4.78, 5) is 0. The summed E-state index contributed by atoms with van der Waals surface area (Å²) in [7, 11) is 0. The Balaban J connectivity index is 2.39. The summed E-state index contributed by atoms with van der Waals surface area (Å²) in [5.74, 6) is 0. The molecule has 0 unspecified atom stereocenters. The van der Waals surface area contributed by atoms with Gasteiger partial charge in [-0.05, 0) is 35.1 Å². The zero-order valence-corrected chi connectivity index (χ0v) is 9.09. The second-order valence-corrected chi connectivity index (χ2v) is 5.05. The Bertz CT molecular complexity index is 394. The van der Waals surface area contributed by atoms with Crippen LogP contribution in [0.4, 0.5) is 5.69 Å². The van der Waals surface area contributed by atoms with E-state index in [1.54, 1.807) is 0 Å². The zero-order valence-electron chi connectivity index (χ0n) is 9.09. The van der Waals surface area contributed by atoms with E-state index in [9.17, 15) is 0 Å². The first kappa shape index (κ1) is 9.32. The van der Waals surface area contributed by atoms with Gasteiger partial charge in [0.1, 0.15) is 0 Å². The van der Waals surface area contributed by atoms with Gasteiger partial charge in [-0.15, -0.1) is 0 Å². The molecule has 2 rings (SSSR count). The van der Waals surface area contributed by atoms with E-state index in [4.69, 9.17) is 5.73 Å². The van der Waals surface area contributed by atoms with Crippen molar-refractivity contribution in [1.29, 1.82) is 0 Å². The van der Waals surface area contributed by atoms with Crippen molar-refractivity contribution in [1.82, 2.24) is 0 Å². The summed E-state index contributed by atoms with van der Waals surface area (Å²) in [6, 6.07) is 6.19. The summed E-state index contributed by atoms with van der Waals surface area (Å²) in [5, 5.41) is 0. The molecule has 0 aliphatic heterocycles. The molecule has 0 radical (unpaired) electrons. The molecule has 0 amide bonds. The Morgan fingerprint density at radius 3 is 2.57 bits per heavy atom. The van der Waals surface area contributed by atoms with Gasteiger partial charge in [-0.3, -0.25) is 0 Å². The fourth-order valence-electron chi connectivity index (χ4n) is 1.83. The Morgan fingerprint density at radius 1 is 1.21 bits per heavy atom. The lowest BCUT2D eigenvalue weighted by Gasteiger charge is -2.19. The van der Waals surface area contributed by atoms with Crippen molar-refractivity contribution in [3.05, 3.63) is 34.9 Å². The van der Waals surface area contributed by atoms with Crippen molar-refractivity contribution < 1.29 is 0 Å². The van der Waals surface area contributed by atoms with E-state index in [1.165, 1.54) is 16.7 Å². The molecule has 1 aromatic carbocycles. The lowest BCUT2D eigenvalue weighted by molar-refractivity contribution is 0.498. The predicted octanol–water partition coefficient (Wildman–Crippen LogP) is 3.25. The highest BCUT2D eigenvalue weighted by atomic mass is 14.5. The van der Waals surface area contributed by atoms with Gasteiger partial charge in [-0.25, -0.2) is 0 Å². The van der Waals surface area contributed by atoms with E-state index in [1.807, 2.05) is 6.07 Å². The van der Waals surface area contributed by atoms with Gasteiger partial charge in [0.05, 0.1) is 0 Å². The zero-order chi connectivity index (χ0) is 10.3. The van der Waals surface area contributed by atoms with Gasteiger partial charge in [-0.1, -0.05) is 38.5 Å². The van der Waals surface area contributed by atoms with E-state index in [0.717, 1.165) is 12.1 Å². The van der Waals surface area contributed by atoms with Gasteiger partial charge >= 0.3 is 0 Å². The first-order chi connectivity index (χ1) is 6.47. The molecule has 74 valence electrons. The third-order valence-corrected chi connectivity index (χ3v) is 2.84. The topological polar surface area (TPSA) is 26.0 Å². The van der Waals surface area contributed by atoms with Crippen molar-refractivity contribution >= 4 is 11.8 Å². The number of benzene rings is 1. The van der Waals surface area contributed by atoms with Crippen LogP contribution in [-0.2, 0) is 6.42 Å². The Morgan fingerprint density at radius 2 is 1.93 bits per heavy atom. The van der Waals surface area contributed by atoms with Crippen LogP contribution >= 0.6 is 0 Å². The minimum atomic E-state index is 0.272. The molecule has 1 heteroatoms. The number of hydrogen-bond acceptors (Lipinski definition) is 1. The van der Waals surface area contributed by atoms with Crippen LogP contribution in [0.15, 0.2) is 23.8 Å². The molecule has 0 saturated carbocycles. The van der Waals surface area contributed by atoms with Crippen LogP contribution in [0.2, 0.25) is 0 Å². The average Bonchev–Trinajstić information content (AvgIpc) is 2.45. The van der Waals surface area contributed by atoms with E-state index in [0.29, 0.717) is 0 Å². The first-order valence-corrected chi connectivity index (χ1v) is 5.06. The first-order valence-electron chi connectivity index (χ1n) is 5.06. The average molecular weight is 187 g/mol. The van der Waals surface area contributed by atoms with Crippen molar-refractivity contribution in [2.45, 2.75) is 27.2 Å². The van der Waals surface area contributed by atoms with E-state index in [-0.39, 0.29) is 5.41 Å². The van der Waals surface area contributed by atoms with Gasteiger partial charge < -0.3 is 5.73 Å². The van der Waals surface area contributed by atoms with Gasteiger partial charge in [0.2, 0.25) is 0 Å². The summed E-state index contributed by atoms with van der Waals surface area (Å²) < 4.78 is 0. The largest absolute Gasteiger partial charge is 0.399 e. The maximum atomic E-state index is 5.76. The normalized spacial score (nSPS) is 15.2. The van der Waals surface area contributed by atoms with Crippen LogP contribution in [0.5, 0.6) is 0 Å². The molecule has 0 aromatic heterocycles. The highest BCUT2D eigenvalue weighted by Crippen LogP contribution is 2.36. The number of allylic oxidation sites excluding steroid dienone is 1. The monoisotopic (exact) mass is 187 g/mol. The fraction of sp³-hybridized carbons (Fsp3) is 0.385. The number of nitrogen functional groups attached to an aromatic ring is 1. The number of nitrogens with two attached hydrogens (primary N) is 1. The highest BCUT2D eigenvalue weighted by Gasteiger charge is 2.22. The number of anilines is 1. The van der Waals surface area contributed by atoms with E-state index in [2.05, 4.69) is 39.0 Å². The van der Waals surface area contributed by atoms with E-state index >= 15 is 0 Å². The maximum absolute atomic E-state index is 5.76. The second-order valence-electron chi connectivity index (χ2n) is 5.05. The van der Waals surface area contributed by atoms with Crippen molar-refractivity contribution in [3.63, 3.8) is 0 Å². The molecular formula is C13H17N. The molecule has 14 heavy (non-hydrogen) atoms. The number of fused-ring (bicyclic) bond motifs is 1. The third kappa shape index (κ3) is 1.54. The Labute approximate surface area is 85.6 Å². The second kappa shape index (κ2) is 2.88. The minimum Gasteiger partial charge on any atom is -0.399 e. The lowest BCUT2D eigenvalue weighted by Crippen LogP contribution is -2.08. The van der Waals surface area contributed by atoms with Crippen LogP contribution in [0.1, 0.15) is 31.9 Å². The third-order valence-electron chi connectivity index (χ3n) is 2.84. The van der Waals surface area contributed by atoms with E-state index < -0.39 is 0 Å². The highest BCUT2D eigenvalue weighted by molar-refractivity contribution is 5.68. The minimum absolute atomic E-state index is 0.272. The van der Waals surface area contributed by atoms with Gasteiger partial charge in [0.25, 0.3) is 0 Å². The van der Waals surface area contributed by atoms with Crippen molar-refractivity contribution in [2.75, 3.05) is 5.73 Å². The Hall–Kier alpha value is -1.24. The molecule has 0 bridgehead atoms. The molecule has 0 atom stereocenters. The van der Waals surface area contributed by atoms with Gasteiger partial charge in [0.15, 0.2) is 0 Å². The number of hydrogen-bond donors (Lipinski definition) is 1. The van der Waals surface area contributed by atoms with Crippen LogP contribution < -0.4 is 5.73 Å². The van der Waals surface area contributed by atoms with Gasteiger partial charge in [0, 0.05) is 5.69 Å². The molecule has 0 fully saturated rings. The standard InChI is InChI=1S/C13H17N/c1-13(2,3)11-6-9-4-5-12(14)8-10(9)7-11/h4-5,7-8H,6,14H2,1-3H3. The molecule has 1 aliphatic rings. The fourth-order valence-corrected chi connectivity index (χ4v) is 1.83.